The standard InChI is InChI=1S/C22H18FN3O4/c1-15-20(3-2-4-21(15)26(28)29)22(27)25-24-13-16-7-11-19(12-8-16)30-14-17-5-9-18(23)10-6-17/h2-13H,14H2,1H3,(H,25,27)/b24-13+. The molecule has 0 bridgehead atoms. The van der Waals surface area contributed by atoms with Crippen LogP contribution in [0.2, 0.25) is 0 Å². The molecule has 0 atom stereocenters. The lowest BCUT2D eigenvalue weighted by molar-refractivity contribution is -0.385. The van der Waals surface area contributed by atoms with Gasteiger partial charge in [-0.3, -0.25) is 14.9 Å². The van der Waals surface area contributed by atoms with Crippen LogP contribution in [0.5, 0.6) is 5.75 Å². The summed E-state index contributed by atoms with van der Waals surface area (Å²) in [6.07, 6.45) is 1.45. The molecule has 152 valence electrons. The molecular formula is C22H18FN3O4. The van der Waals surface area contributed by atoms with E-state index in [-0.39, 0.29) is 22.6 Å². The lowest BCUT2D eigenvalue weighted by Crippen LogP contribution is -2.19. The van der Waals surface area contributed by atoms with Crippen LogP contribution in [-0.2, 0) is 6.61 Å². The van der Waals surface area contributed by atoms with Crippen LogP contribution < -0.4 is 10.2 Å². The van der Waals surface area contributed by atoms with E-state index in [4.69, 9.17) is 4.74 Å². The Labute approximate surface area is 172 Å². The van der Waals surface area contributed by atoms with Crippen molar-refractivity contribution in [1.29, 1.82) is 0 Å². The van der Waals surface area contributed by atoms with Gasteiger partial charge in [0.2, 0.25) is 0 Å². The molecule has 7 nitrogen and oxygen atoms in total. The number of nitrogens with one attached hydrogen (secondary N) is 1. The van der Waals surface area contributed by atoms with Gasteiger partial charge in [-0.15, -0.1) is 0 Å². The van der Waals surface area contributed by atoms with Crippen LogP contribution in [0.15, 0.2) is 71.8 Å². The molecule has 0 fully saturated rings. The Morgan fingerprint density at radius 3 is 2.50 bits per heavy atom. The second-order valence-corrected chi connectivity index (χ2v) is 6.39. The summed E-state index contributed by atoms with van der Waals surface area (Å²) in [4.78, 5) is 22.7. The van der Waals surface area contributed by atoms with Crippen molar-refractivity contribution in [3.8, 4) is 5.75 Å². The van der Waals surface area contributed by atoms with E-state index in [9.17, 15) is 19.3 Å². The van der Waals surface area contributed by atoms with Crippen LogP contribution in [-0.4, -0.2) is 17.0 Å². The fourth-order valence-electron chi connectivity index (χ4n) is 2.69. The van der Waals surface area contributed by atoms with Crippen molar-refractivity contribution in [2.45, 2.75) is 13.5 Å². The number of halogens is 1. The maximum atomic E-state index is 12.9. The zero-order chi connectivity index (χ0) is 21.5. The van der Waals surface area contributed by atoms with Gasteiger partial charge in [-0.05, 0) is 60.5 Å². The van der Waals surface area contributed by atoms with E-state index in [1.165, 1.54) is 43.5 Å². The lowest BCUT2D eigenvalue weighted by atomic mass is 10.1. The van der Waals surface area contributed by atoms with Gasteiger partial charge < -0.3 is 4.74 Å². The predicted octanol–water partition coefficient (Wildman–Crippen LogP) is 4.39. The van der Waals surface area contributed by atoms with Crippen molar-refractivity contribution in [3.63, 3.8) is 0 Å². The fourth-order valence-corrected chi connectivity index (χ4v) is 2.69. The Kier molecular flexibility index (Phi) is 6.49. The van der Waals surface area contributed by atoms with Crippen molar-refractivity contribution in [2.75, 3.05) is 0 Å². The minimum atomic E-state index is -0.535. The van der Waals surface area contributed by atoms with E-state index in [0.717, 1.165) is 11.1 Å². The van der Waals surface area contributed by atoms with Crippen molar-refractivity contribution in [1.82, 2.24) is 5.43 Å². The highest BCUT2D eigenvalue weighted by molar-refractivity contribution is 5.97. The molecule has 0 heterocycles. The van der Waals surface area contributed by atoms with Crippen molar-refractivity contribution in [3.05, 3.63) is 105 Å². The molecule has 0 radical (unpaired) electrons. The number of benzene rings is 3. The molecule has 0 aromatic heterocycles. The van der Waals surface area contributed by atoms with Gasteiger partial charge >= 0.3 is 0 Å². The Bertz CT molecular complexity index is 1080. The summed E-state index contributed by atoms with van der Waals surface area (Å²) >= 11 is 0. The third-order valence-electron chi connectivity index (χ3n) is 4.33. The second kappa shape index (κ2) is 9.42. The first kappa shape index (κ1) is 20.7. The smallest absolute Gasteiger partial charge is 0.273 e. The number of amides is 1. The number of hydrazone groups is 1. The van der Waals surface area contributed by atoms with Crippen LogP contribution in [0.3, 0.4) is 0 Å². The van der Waals surface area contributed by atoms with E-state index in [1.807, 2.05) is 0 Å². The summed E-state index contributed by atoms with van der Waals surface area (Å²) in [6, 6.07) is 17.4. The number of ether oxygens (including phenoxy) is 1. The number of carbonyl (C=O) groups excluding carboxylic acids is 1. The molecule has 0 unspecified atom stereocenters. The SMILES string of the molecule is Cc1c(C(=O)N/N=C/c2ccc(OCc3ccc(F)cc3)cc2)cccc1[N+](=O)[O-]. The van der Waals surface area contributed by atoms with Crippen molar-refractivity contribution >= 4 is 17.8 Å². The van der Waals surface area contributed by atoms with Gasteiger partial charge in [-0.1, -0.05) is 18.2 Å². The van der Waals surface area contributed by atoms with Crippen LogP contribution in [0.25, 0.3) is 0 Å². The normalized spacial score (nSPS) is 10.7. The number of hydrogen-bond donors (Lipinski definition) is 1. The molecule has 0 saturated heterocycles. The largest absolute Gasteiger partial charge is 0.489 e. The zero-order valence-electron chi connectivity index (χ0n) is 16.0. The highest BCUT2D eigenvalue weighted by Gasteiger charge is 2.17. The number of hydrogen-bond acceptors (Lipinski definition) is 5. The Hall–Kier alpha value is -4.07. The van der Waals surface area contributed by atoms with Gasteiger partial charge in [0.05, 0.1) is 16.7 Å². The molecule has 3 rings (SSSR count). The summed E-state index contributed by atoms with van der Waals surface area (Å²) in [6.45, 7) is 1.83. The predicted molar refractivity (Wildman–Crippen MR) is 110 cm³/mol. The quantitative estimate of drug-likeness (QED) is 0.357. The van der Waals surface area contributed by atoms with Gasteiger partial charge in [0.1, 0.15) is 18.2 Å². The Balaban J connectivity index is 1.56. The topological polar surface area (TPSA) is 93.8 Å². The first-order chi connectivity index (χ1) is 14.4. The molecule has 0 spiro atoms. The van der Waals surface area contributed by atoms with Gasteiger partial charge in [0, 0.05) is 11.6 Å². The number of nitro benzene ring substituents is 1. The molecule has 3 aromatic rings. The molecule has 1 N–H and O–H groups in total. The molecule has 8 heteroatoms. The number of carbonyl (C=O) groups is 1. The molecule has 3 aromatic carbocycles. The van der Waals surface area contributed by atoms with Crippen molar-refractivity contribution < 1.29 is 18.8 Å². The van der Waals surface area contributed by atoms with Crippen LogP contribution >= 0.6 is 0 Å². The molecule has 0 aliphatic heterocycles. The van der Waals surface area contributed by atoms with Gasteiger partial charge in [-0.2, -0.15) is 5.10 Å². The fraction of sp³-hybridized carbons (Fsp3) is 0.0909. The molecule has 0 aliphatic rings. The number of rotatable bonds is 7. The summed E-state index contributed by atoms with van der Waals surface area (Å²) in [5, 5.41) is 14.9. The summed E-state index contributed by atoms with van der Waals surface area (Å²) in [5.74, 6) is -0.199. The highest BCUT2D eigenvalue weighted by Crippen LogP contribution is 2.21. The van der Waals surface area contributed by atoms with Crippen LogP contribution in [0.1, 0.15) is 27.0 Å². The minimum absolute atomic E-state index is 0.122. The first-order valence-electron chi connectivity index (χ1n) is 8.99. The minimum Gasteiger partial charge on any atom is -0.489 e. The third kappa shape index (κ3) is 5.26. The van der Waals surface area contributed by atoms with E-state index < -0.39 is 10.8 Å². The lowest BCUT2D eigenvalue weighted by Gasteiger charge is -2.06. The molecule has 0 saturated carbocycles. The van der Waals surface area contributed by atoms with Crippen LogP contribution in [0, 0.1) is 22.9 Å². The summed E-state index contributed by atoms with van der Waals surface area (Å²) in [7, 11) is 0. The molecule has 30 heavy (non-hydrogen) atoms. The van der Waals surface area contributed by atoms with E-state index in [1.54, 1.807) is 36.4 Å². The zero-order valence-corrected chi connectivity index (χ0v) is 16.0. The molecular weight excluding hydrogens is 389 g/mol. The second-order valence-electron chi connectivity index (χ2n) is 6.39. The van der Waals surface area contributed by atoms with Crippen LogP contribution in [0.4, 0.5) is 10.1 Å². The summed E-state index contributed by atoms with van der Waals surface area (Å²) in [5.41, 5.74) is 4.28. The number of nitro groups is 1. The average molecular weight is 407 g/mol. The maximum Gasteiger partial charge on any atom is 0.273 e. The highest BCUT2D eigenvalue weighted by atomic mass is 19.1. The third-order valence-corrected chi connectivity index (χ3v) is 4.33. The Morgan fingerprint density at radius 2 is 1.83 bits per heavy atom. The summed E-state index contributed by atoms with van der Waals surface area (Å²) < 4.78 is 18.5. The molecule has 0 aliphatic carbocycles. The van der Waals surface area contributed by atoms with E-state index in [0.29, 0.717) is 12.4 Å². The van der Waals surface area contributed by atoms with Crippen molar-refractivity contribution in [2.24, 2.45) is 5.10 Å². The average Bonchev–Trinajstić information content (AvgIpc) is 2.74. The maximum absolute atomic E-state index is 12.9. The monoisotopic (exact) mass is 407 g/mol. The Morgan fingerprint density at radius 1 is 1.13 bits per heavy atom. The van der Waals surface area contributed by atoms with E-state index in [2.05, 4.69) is 10.5 Å². The van der Waals surface area contributed by atoms with Gasteiger partial charge in [-0.25, -0.2) is 9.82 Å². The molecule has 1 amide bonds. The number of nitrogens with zero attached hydrogens (tertiary/aromatic N) is 2. The van der Waals surface area contributed by atoms with Gasteiger partial charge in [0.15, 0.2) is 0 Å². The van der Waals surface area contributed by atoms with E-state index >= 15 is 0 Å². The van der Waals surface area contributed by atoms with Gasteiger partial charge in [0.25, 0.3) is 11.6 Å². The first-order valence-corrected chi connectivity index (χ1v) is 8.99.